The summed E-state index contributed by atoms with van der Waals surface area (Å²) >= 11 is 12.2. The predicted molar refractivity (Wildman–Crippen MR) is 101 cm³/mol. The van der Waals surface area contributed by atoms with Gasteiger partial charge >= 0.3 is 0 Å². The van der Waals surface area contributed by atoms with Gasteiger partial charge in [-0.1, -0.05) is 36.2 Å². The first-order chi connectivity index (χ1) is 11.7. The molecule has 0 aliphatic carbocycles. The molecule has 140 valence electrons. The van der Waals surface area contributed by atoms with Crippen LogP contribution in [-0.4, -0.2) is 37.8 Å². The Balaban J connectivity index is 2.10. The van der Waals surface area contributed by atoms with Gasteiger partial charge in [0.05, 0.1) is 11.7 Å². The lowest BCUT2D eigenvalue weighted by atomic mass is 9.98. The summed E-state index contributed by atoms with van der Waals surface area (Å²) in [5.41, 5.74) is 0.400. The minimum absolute atomic E-state index is 0.0787. The van der Waals surface area contributed by atoms with Crippen LogP contribution in [0.1, 0.15) is 38.7 Å². The molecule has 0 aromatic heterocycles. The summed E-state index contributed by atoms with van der Waals surface area (Å²) in [7, 11) is -3.60. The number of piperidine rings is 1. The summed E-state index contributed by atoms with van der Waals surface area (Å²) in [6.07, 6.45) is 2.20. The Morgan fingerprint density at radius 1 is 1.36 bits per heavy atom. The van der Waals surface area contributed by atoms with Gasteiger partial charge in [0.15, 0.2) is 0 Å². The highest BCUT2D eigenvalue weighted by molar-refractivity contribution is 7.88. The van der Waals surface area contributed by atoms with Crippen LogP contribution in [0.3, 0.4) is 0 Å². The van der Waals surface area contributed by atoms with E-state index in [1.165, 1.54) is 4.31 Å². The number of carbonyl (C=O) groups is 1. The van der Waals surface area contributed by atoms with Crippen LogP contribution in [0, 0.1) is 5.92 Å². The van der Waals surface area contributed by atoms with Crippen molar-refractivity contribution >= 4 is 39.1 Å². The van der Waals surface area contributed by atoms with Crippen molar-refractivity contribution in [2.24, 2.45) is 5.92 Å². The maximum atomic E-state index is 12.8. The number of benzene rings is 1. The Labute approximate surface area is 159 Å². The number of nitrogens with zero attached hydrogens (tertiary/aromatic N) is 1. The first-order valence-corrected chi connectivity index (χ1v) is 10.8. The molecule has 1 saturated heterocycles. The average Bonchev–Trinajstić information content (AvgIpc) is 2.58. The highest BCUT2D eigenvalue weighted by Crippen LogP contribution is 2.29. The molecule has 1 amide bonds. The third kappa shape index (κ3) is 5.33. The van der Waals surface area contributed by atoms with E-state index in [9.17, 15) is 13.2 Å². The molecule has 0 spiro atoms. The molecule has 1 heterocycles. The maximum Gasteiger partial charge on any atom is 0.224 e. The van der Waals surface area contributed by atoms with Gasteiger partial charge in [0.25, 0.3) is 0 Å². The second-order valence-corrected chi connectivity index (χ2v) is 9.25. The van der Waals surface area contributed by atoms with E-state index in [0.717, 1.165) is 6.42 Å². The molecule has 0 bridgehead atoms. The average molecular weight is 407 g/mol. The topological polar surface area (TPSA) is 66.5 Å². The summed E-state index contributed by atoms with van der Waals surface area (Å²) in [5, 5.41) is 3.60. The molecule has 1 fully saturated rings. The summed E-state index contributed by atoms with van der Waals surface area (Å²) in [4.78, 5) is 12.3. The zero-order chi connectivity index (χ0) is 18.6. The monoisotopic (exact) mass is 406 g/mol. The van der Waals surface area contributed by atoms with Crippen LogP contribution in [0.5, 0.6) is 0 Å². The highest BCUT2D eigenvalue weighted by Gasteiger charge is 2.33. The Morgan fingerprint density at radius 3 is 2.60 bits per heavy atom. The van der Waals surface area contributed by atoms with Crippen LogP contribution >= 0.6 is 23.2 Å². The molecule has 25 heavy (non-hydrogen) atoms. The summed E-state index contributed by atoms with van der Waals surface area (Å²) < 4.78 is 27.0. The Kier molecular flexibility index (Phi) is 7.14. The van der Waals surface area contributed by atoms with E-state index in [1.807, 2.05) is 13.8 Å². The third-order valence-electron chi connectivity index (χ3n) is 4.54. The quantitative estimate of drug-likeness (QED) is 0.786. The van der Waals surface area contributed by atoms with Gasteiger partial charge in [0.1, 0.15) is 0 Å². The molecule has 1 aliphatic heterocycles. The van der Waals surface area contributed by atoms with Crippen LogP contribution in [0.4, 0.5) is 0 Å². The van der Waals surface area contributed by atoms with Gasteiger partial charge in [-0.25, -0.2) is 12.7 Å². The number of halogens is 2. The molecule has 1 aromatic carbocycles. The van der Waals surface area contributed by atoms with Crippen molar-refractivity contribution in [1.82, 2.24) is 9.62 Å². The van der Waals surface area contributed by atoms with Gasteiger partial charge in [-0.3, -0.25) is 4.79 Å². The summed E-state index contributed by atoms with van der Waals surface area (Å²) in [6.45, 7) is 4.55. The lowest BCUT2D eigenvalue weighted by Crippen LogP contribution is -2.47. The Morgan fingerprint density at radius 2 is 2.00 bits per heavy atom. The number of hydrogen-bond donors (Lipinski definition) is 1. The molecule has 1 aromatic rings. The molecule has 5 nitrogen and oxygen atoms in total. The first-order valence-electron chi connectivity index (χ1n) is 8.45. The van der Waals surface area contributed by atoms with Gasteiger partial charge in [-0.15, -0.1) is 0 Å². The fraction of sp³-hybridized carbons (Fsp3) is 0.588. The van der Waals surface area contributed by atoms with Crippen molar-refractivity contribution in [3.63, 3.8) is 0 Å². The zero-order valence-corrected chi connectivity index (χ0v) is 16.8. The maximum absolute atomic E-state index is 12.8. The van der Waals surface area contributed by atoms with Gasteiger partial charge < -0.3 is 5.32 Å². The number of sulfonamides is 1. The van der Waals surface area contributed by atoms with Gasteiger partial charge in [0.2, 0.25) is 15.9 Å². The number of amides is 1. The number of hydrogen-bond acceptors (Lipinski definition) is 3. The normalized spacial score (nSPS) is 20.2. The van der Waals surface area contributed by atoms with Crippen molar-refractivity contribution in [1.29, 1.82) is 0 Å². The van der Waals surface area contributed by atoms with Crippen LogP contribution < -0.4 is 5.32 Å². The summed E-state index contributed by atoms with van der Waals surface area (Å²) in [5.74, 6) is -0.658. The van der Waals surface area contributed by atoms with Crippen molar-refractivity contribution in [3.05, 3.63) is 33.8 Å². The van der Waals surface area contributed by atoms with Gasteiger partial charge in [-0.05, 0) is 38.3 Å². The van der Waals surface area contributed by atoms with Crippen molar-refractivity contribution < 1.29 is 13.2 Å². The predicted octanol–water partition coefficient (Wildman–Crippen LogP) is 3.45. The van der Waals surface area contributed by atoms with E-state index < -0.39 is 10.0 Å². The smallest absolute Gasteiger partial charge is 0.224 e. The van der Waals surface area contributed by atoms with E-state index in [1.54, 1.807) is 18.2 Å². The standard InChI is InChI=1S/C17H24Cl2N2O3S/c1-3-12(2)20-17(22)13-6-5-9-21(10-13)25(23,24)11-14-15(18)7-4-8-16(14)19/h4,7-8,12-13H,3,5-6,9-11H2,1-2H3,(H,20,22). The second kappa shape index (κ2) is 8.71. The van der Waals surface area contributed by atoms with E-state index in [4.69, 9.17) is 23.2 Å². The van der Waals surface area contributed by atoms with Crippen LogP contribution in [-0.2, 0) is 20.6 Å². The zero-order valence-electron chi connectivity index (χ0n) is 14.5. The summed E-state index contributed by atoms with van der Waals surface area (Å²) in [6, 6.07) is 5.01. The molecule has 1 N–H and O–H groups in total. The molecule has 0 radical (unpaired) electrons. The number of nitrogens with one attached hydrogen (secondary N) is 1. The van der Waals surface area contributed by atoms with E-state index in [0.29, 0.717) is 35.0 Å². The molecule has 2 atom stereocenters. The fourth-order valence-electron chi connectivity index (χ4n) is 2.82. The molecule has 8 heteroatoms. The SMILES string of the molecule is CCC(C)NC(=O)C1CCCN(S(=O)(=O)Cc2c(Cl)cccc2Cl)C1. The van der Waals surface area contributed by atoms with E-state index in [-0.39, 0.29) is 30.2 Å². The van der Waals surface area contributed by atoms with Gasteiger partial charge in [-0.2, -0.15) is 0 Å². The van der Waals surface area contributed by atoms with Crippen LogP contribution in [0.25, 0.3) is 0 Å². The molecular weight excluding hydrogens is 383 g/mol. The first kappa shape index (κ1) is 20.5. The Hall–Kier alpha value is -0.820. The number of carbonyl (C=O) groups excluding carboxylic acids is 1. The molecule has 2 unspecified atom stereocenters. The minimum Gasteiger partial charge on any atom is -0.353 e. The van der Waals surface area contributed by atoms with E-state index in [2.05, 4.69) is 5.32 Å². The van der Waals surface area contributed by atoms with E-state index >= 15 is 0 Å². The van der Waals surface area contributed by atoms with Crippen LogP contribution in [0.15, 0.2) is 18.2 Å². The largest absolute Gasteiger partial charge is 0.353 e. The van der Waals surface area contributed by atoms with Crippen molar-refractivity contribution in [2.75, 3.05) is 13.1 Å². The van der Waals surface area contributed by atoms with Crippen molar-refractivity contribution in [2.45, 2.75) is 44.9 Å². The number of rotatable bonds is 6. The molecular formula is C17H24Cl2N2O3S. The second-order valence-electron chi connectivity index (χ2n) is 6.47. The Bertz CT molecular complexity index is 704. The molecule has 2 rings (SSSR count). The minimum atomic E-state index is -3.60. The van der Waals surface area contributed by atoms with Crippen LogP contribution in [0.2, 0.25) is 10.0 Å². The lowest BCUT2D eigenvalue weighted by Gasteiger charge is -2.32. The third-order valence-corrected chi connectivity index (χ3v) is 7.02. The van der Waals surface area contributed by atoms with Crippen molar-refractivity contribution in [3.8, 4) is 0 Å². The molecule has 0 saturated carbocycles. The molecule has 1 aliphatic rings. The fourth-order valence-corrected chi connectivity index (χ4v) is 5.18. The lowest BCUT2D eigenvalue weighted by molar-refractivity contribution is -0.126. The highest BCUT2D eigenvalue weighted by atomic mass is 35.5. The van der Waals surface area contributed by atoms with Gasteiger partial charge in [0, 0.05) is 34.7 Å².